The first kappa shape index (κ1) is 21.1. The minimum Gasteiger partial charge on any atom is -0.345 e. The lowest BCUT2D eigenvalue weighted by Gasteiger charge is -2.33. The van der Waals surface area contributed by atoms with E-state index in [0.29, 0.717) is 18.1 Å². The molecule has 1 N–H and O–H groups in total. The van der Waals surface area contributed by atoms with Gasteiger partial charge in [0.25, 0.3) is 15.9 Å². The van der Waals surface area contributed by atoms with Crippen LogP contribution in [0.3, 0.4) is 0 Å². The Bertz CT molecular complexity index is 1260. The van der Waals surface area contributed by atoms with Gasteiger partial charge in [-0.1, -0.05) is 15.9 Å². The highest BCUT2D eigenvalue weighted by molar-refractivity contribution is 9.10. The van der Waals surface area contributed by atoms with Gasteiger partial charge in [0.05, 0.1) is 5.69 Å². The van der Waals surface area contributed by atoms with Crippen molar-refractivity contribution in [3.8, 4) is 0 Å². The van der Waals surface area contributed by atoms with Gasteiger partial charge in [-0.3, -0.25) is 4.79 Å². The van der Waals surface area contributed by atoms with Gasteiger partial charge in [-0.2, -0.15) is 4.31 Å². The van der Waals surface area contributed by atoms with Crippen LogP contribution in [0.25, 0.3) is 10.9 Å². The first-order valence-corrected chi connectivity index (χ1v) is 13.1. The van der Waals surface area contributed by atoms with Crippen LogP contribution in [-0.2, 0) is 23.0 Å². The number of rotatable bonds is 3. The number of likely N-dealkylation sites (N-methyl/N-ethyl adjacent to an activating group) is 1. The molecule has 164 valence electrons. The molecule has 0 bridgehead atoms. The van der Waals surface area contributed by atoms with Crippen molar-refractivity contribution in [1.29, 1.82) is 0 Å². The van der Waals surface area contributed by atoms with E-state index in [4.69, 9.17) is 0 Å². The Kier molecular flexibility index (Phi) is 5.41. The van der Waals surface area contributed by atoms with Gasteiger partial charge in [0, 0.05) is 65.9 Å². The third-order valence-electron chi connectivity index (χ3n) is 5.81. The zero-order valence-corrected chi connectivity index (χ0v) is 20.2. The number of H-pyrrole nitrogens is 1. The third-order valence-corrected chi connectivity index (χ3v) is 9.19. The number of nitrogens with zero attached hydrogens (tertiary/aromatic N) is 4. The maximum Gasteiger partial charge on any atom is 0.282 e. The van der Waals surface area contributed by atoms with E-state index >= 15 is 0 Å². The summed E-state index contributed by atoms with van der Waals surface area (Å²) < 4.78 is 28.6. The summed E-state index contributed by atoms with van der Waals surface area (Å²) in [5, 5.41) is 1.52. The number of hydrogen-bond acceptors (Lipinski definition) is 6. The molecule has 4 heterocycles. The van der Waals surface area contributed by atoms with E-state index in [1.165, 1.54) is 15.6 Å². The number of thiazole rings is 1. The van der Waals surface area contributed by atoms with E-state index in [1.54, 1.807) is 11.0 Å². The SMILES string of the molecule is CN1CCc2nc(C(=O)N3CCN(S(=O)(=O)c4cc5cc(Br)ccc5[nH]4)CC3)sc2C1. The second-order valence-electron chi connectivity index (χ2n) is 7.94. The summed E-state index contributed by atoms with van der Waals surface area (Å²) in [6, 6.07) is 7.26. The molecule has 1 saturated heterocycles. The van der Waals surface area contributed by atoms with E-state index < -0.39 is 10.0 Å². The minimum absolute atomic E-state index is 0.102. The molecule has 2 aromatic heterocycles. The molecule has 2 aliphatic rings. The fraction of sp³-hybridized carbons (Fsp3) is 0.400. The molecule has 1 aromatic carbocycles. The average Bonchev–Trinajstić information content (AvgIpc) is 3.37. The Balaban J connectivity index is 1.28. The molecule has 0 aliphatic carbocycles. The molecule has 8 nitrogen and oxygen atoms in total. The maximum atomic E-state index is 13.1. The zero-order valence-electron chi connectivity index (χ0n) is 17.0. The van der Waals surface area contributed by atoms with Crippen LogP contribution in [0.15, 0.2) is 33.8 Å². The van der Waals surface area contributed by atoms with Crippen LogP contribution in [0, 0.1) is 0 Å². The molecule has 0 radical (unpaired) electrons. The summed E-state index contributed by atoms with van der Waals surface area (Å²) in [5.41, 5.74) is 1.80. The van der Waals surface area contributed by atoms with Gasteiger partial charge in [-0.25, -0.2) is 13.4 Å². The van der Waals surface area contributed by atoms with Gasteiger partial charge in [-0.15, -0.1) is 11.3 Å². The third kappa shape index (κ3) is 3.93. The monoisotopic (exact) mass is 523 g/mol. The van der Waals surface area contributed by atoms with Crippen molar-refractivity contribution in [3.05, 3.63) is 44.3 Å². The van der Waals surface area contributed by atoms with E-state index in [9.17, 15) is 13.2 Å². The molecule has 2 aliphatic heterocycles. The number of amides is 1. The van der Waals surface area contributed by atoms with Gasteiger partial charge in [0.1, 0.15) is 5.03 Å². The Hall–Kier alpha value is -1.79. The molecule has 31 heavy (non-hydrogen) atoms. The van der Waals surface area contributed by atoms with Crippen LogP contribution in [0.2, 0.25) is 0 Å². The number of hydrogen-bond donors (Lipinski definition) is 1. The summed E-state index contributed by atoms with van der Waals surface area (Å²) in [7, 11) is -1.59. The number of aromatic nitrogens is 2. The fourth-order valence-electron chi connectivity index (χ4n) is 4.04. The lowest BCUT2D eigenvalue weighted by Crippen LogP contribution is -2.50. The summed E-state index contributed by atoms with van der Waals surface area (Å²) >= 11 is 4.87. The molecule has 1 amide bonds. The predicted molar refractivity (Wildman–Crippen MR) is 123 cm³/mol. The number of benzene rings is 1. The molecule has 0 saturated carbocycles. The number of nitrogens with one attached hydrogen (secondary N) is 1. The van der Waals surface area contributed by atoms with Crippen LogP contribution in [0.4, 0.5) is 0 Å². The van der Waals surface area contributed by atoms with Crippen molar-refractivity contribution in [1.82, 2.24) is 24.1 Å². The van der Waals surface area contributed by atoms with Crippen LogP contribution < -0.4 is 0 Å². The summed E-state index contributed by atoms with van der Waals surface area (Å²) in [5.74, 6) is -0.102. The quantitative estimate of drug-likeness (QED) is 0.569. The second kappa shape index (κ2) is 7.96. The first-order chi connectivity index (χ1) is 14.8. The standard InChI is InChI=1S/C20H22BrN5O3S2/c1-24-5-4-16-17(12-24)30-19(23-16)20(27)25-6-8-26(9-7-25)31(28,29)18-11-13-10-14(21)2-3-15(13)22-18/h2-3,10-11,22H,4-9,12H2,1H3. The number of fused-ring (bicyclic) bond motifs is 2. The largest absolute Gasteiger partial charge is 0.345 e. The molecule has 3 aromatic rings. The molecule has 0 unspecified atom stereocenters. The van der Waals surface area contributed by atoms with Crippen molar-refractivity contribution >= 4 is 54.1 Å². The van der Waals surface area contributed by atoms with Crippen LogP contribution in [0.5, 0.6) is 0 Å². The molecule has 0 spiro atoms. The van der Waals surface area contributed by atoms with Gasteiger partial charge >= 0.3 is 0 Å². The van der Waals surface area contributed by atoms with Gasteiger partial charge in [0.2, 0.25) is 0 Å². The molecule has 0 atom stereocenters. The zero-order chi connectivity index (χ0) is 21.8. The molecular weight excluding hydrogens is 502 g/mol. The Morgan fingerprint density at radius 3 is 2.71 bits per heavy atom. The highest BCUT2D eigenvalue weighted by Crippen LogP contribution is 2.27. The summed E-state index contributed by atoms with van der Waals surface area (Å²) in [6.45, 7) is 3.02. The molecule has 1 fully saturated rings. The minimum atomic E-state index is -3.65. The van der Waals surface area contributed by atoms with E-state index in [1.807, 2.05) is 18.2 Å². The number of aromatic amines is 1. The van der Waals surface area contributed by atoms with Gasteiger partial charge < -0.3 is 14.8 Å². The number of sulfonamides is 1. The van der Waals surface area contributed by atoms with Gasteiger partial charge in [-0.05, 0) is 31.3 Å². The van der Waals surface area contributed by atoms with Crippen molar-refractivity contribution in [2.24, 2.45) is 0 Å². The lowest BCUT2D eigenvalue weighted by molar-refractivity contribution is 0.0697. The summed E-state index contributed by atoms with van der Waals surface area (Å²) in [6.07, 6.45) is 0.864. The van der Waals surface area contributed by atoms with E-state index in [0.717, 1.165) is 45.5 Å². The van der Waals surface area contributed by atoms with Crippen LogP contribution in [-0.4, -0.2) is 78.2 Å². The van der Waals surface area contributed by atoms with Crippen molar-refractivity contribution in [3.63, 3.8) is 0 Å². The fourth-order valence-corrected chi connectivity index (χ4v) is 7.01. The van der Waals surface area contributed by atoms with Crippen LogP contribution in [0.1, 0.15) is 20.4 Å². The Morgan fingerprint density at radius 1 is 1.16 bits per heavy atom. The molecule has 11 heteroatoms. The van der Waals surface area contributed by atoms with Gasteiger partial charge in [0.15, 0.2) is 5.01 Å². The number of carbonyl (C=O) groups excluding carboxylic acids is 1. The van der Waals surface area contributed by atoms with E-state index in [2.05, 4.69) is 37.8 Å². The van der Waals surface area contributed by atoms with Crippen molar-refractivity contribution in [2.45, 2.75) is 18.0 Å². The average molecular weight is 524 g/mol. The highest BCUT2D eigenvalue weighted by Gasteiger charge is 2.33. The second-order valence-corrected chi connectivity index (χ2v) is 11.8. The molecule has 5 rings (SSSR count). The molecular formula is C20H22BrN5O3S2. The highest BCUT2D eigenvalue weighted by atomic mass is 79.9. The topological polar surface area (TPSA) is 89.6 Å². The predicted octanol–water partition coefficient (Wildman–Crippen LogP) is 2.52. The number of halogens is 1. The smallest absolute Gasteiger partial charge is 0.282 e. The first-order valence-electron chi connectivity index (χ1n) is 10.1. The summed E-state index contributed by atoms with van der Waals surface area (Å²) in [4.78, 5) is 25.6. The number of piperazine rings is 1. The van der Waals surface area contributed by atoms with Crippen LogP contribution >= 0.6 is 27.3 Å². The Labute approximate surface area is 193 Å². The van der Waals surface area contributed by atoms with Crippen molar-refractivity contribution < 1.29 is 13.2 Å². The lowest BCUT2D eigenvalue weighted by atomic mass is 10.2. The maximum absolute atomic E-state index is 13.1. The normalized spacial score (nSPS) is 18.5. The van der Waals surface area contributed by atoms with E-state index in [-0.39, 0.29) is 24.0 Å². The van der Waals surface area contributed by atoms with Crippen molar-refractivity contribution in [2.75, 3.05) is 39.8 Å². The Morgan fingerprint density at radius 2 is 1.94 bits per heavy atom. The number of carbonyl (C=O) groups is 1.